The monoisotopic (exact) mass is 599 g/mol. The number of non-ortho nitro benzene ring substituents is 1. The Hall–Kier alpha value is -3.41. The molecule has 0 saturated carbocycles. The summed E-state index contributed by atoms with van der Waals surface area (Å²) in [6.45, 7) is 5.67. The molecule has 1 saturated heterocycles. The molecule has 0 aliphatic carbocycles. The largest absolute Gasteiger partial charge is 0.269 e. The van der Waals surface area contributed by atoms with E-state index < -0.39 is 44.9 Å². The highest BCUT2D eigenvalue weighted by atomic mass is 79.9. The van der Waals surface area contributed by atoms with Crippen molar-refractivity contribution in [3.05, 3.63) is 127 Å². The van der Waals surface area contributed by atoms with Crippen LogP contribution in [-0.4, -0.2) is 34.7 Å². The predicted octanol–water partition coefficient (Wildman–Crippen LogP) is 6.11. The van der Waals surface area contributed by atoms with Crippen molar-refractivity contribution in [2.45, 2.75) is 42.3 Å². The van der Waals surface area contributed by atoms with Crippen LogP contribution in [0.3, 0.4) is 0 Å². The summed E-state index contributed by atoms with van der Waals surface area (Å²) in [7, 11) is -4.34. The van der Waals surface area contributed by atoms with Gasteiger partial charge in [0.2, 0.25) is 16.1 Å². The molecule has 0 radical (unpaired) electrons. The fourth-order valence-electron chi connectivity index (χ4n) is 5.44. The second-order valence-electron chi connectivity index (χ2n) is 9.25. The van der Waals surface area contributed by atoms with Crippen LogP contribution < -0.4 is 0 Å². The lowest BCUT2D eigenvalue weighted by Crippen LogP contribution is -2.59. The van der Waals surface area contributed by atoms with E-state index in [9.17, 15) is 28.6 Å². The second kappa shape index (κ2) is 11.1. The Morgan fingerprint density at radius 1 is 0.947 bits per heavy atom. The number of benzene rings is 3. The number of hydrogen-bond donors (Lipinski definition) is 0. The van der Waals surface area contributed by atoms with Gasteiger partial charge < -0.3 is 0 Å². The van der Waals surface area contributed by atoms with Crippen LogP contribution in [0.4, 0.5) is 5.69 Å². The van der Waals surface area contributed by atoms with Crippen LogP contribution in [0.5, 0.6) is 0 Å². The minimum Gasteiger partial charge on any atom is -0.264 e. The molecule has 0 bridgehead atoms. The highest BCUT2D eigenvalue weighted by molar-refractivity contribution is 9.10. The lowest BCUT2D eigenvalue weighted by molar-refractivity contribution is -0.541. The standard InChI is InChI=1S/C27H26BrN3O6S/c1-3-7-24-18(2)25(19-8-5-4-6-9-19)27(31(34)35)26(20-10-12-21(28)13-11-20)29(24)38(36,37)23-16-14-22(15-17-23)30(32)33/h3-6,8-18,24-27H,1,7H2,2H3/t18-,24+,25-,26+,27-/m0/s1. The van der Waals surface area contributed by atoms with Gasteiger partial charge in [0.05, 0.1) is 15.7 Å². The van der Waals surface area contributed by atoms with E-state index in [2.05, 4.69) is 22.5 Å². The zero-order valence-corrected chi connectivity index (χ0v) is 22.9. The summed E-state index contributed by atoms with van der Waals surface area (Å²) in [6.07, 6.45) is 1.88. The van der Waals surface area contributed by atoms with Gasteiger partial charge in [0, 0.05) is 27.6 Å². The number of piperidine rings is 1. The Labute approximate surface area is 229 Å². The van der Waals surface area contributed by atoms with Gasteiger partial charge in [0.25, 0.3) is 5.69 Å². The minimum absolute atomic E-state index is 0.174. The van der Waals surface area contributed by atoms with Crippen LogP contribution in [-0.2, 0) is 10.0 Å². The summed E-state index contributed by atoms with van der Waals surface area (Å²) < 4.78 is 30.5. The average molecular weight is 600 g/mol. The SMILES string of the molecule is C=CC[C@@H]1[C@H](C)[C@@H](c2ccccc2)[C@H]([N+](=O)[O-])[C@@H](c2ccc(Br)cc2)N1S(=O)(=O)c1ccc([N+](=O)[O-])cc1. The van der Waals surface area contributed by atoms with Crippen molar-refractivity contribution >= 4 is 31.6 Å². The molecule has 0 amide bonds. The molecule has 5 atom stereocenters. The number of rotatable bonds is 8. The van der Waals surface area contributed by atoms with E-state index in [0.717, 1.165) is 22.2 Å². The molecule has 0 spiro atoms. The van der Waals surface area contributed by atoms with Crippen molar-refractivity contribution in [2.75, 3.05) is 0 Å². The summed E-state index contributed by atoms with van der Waals surface area (Å²) >= 11 is 3.38. The summed E-state index contributed by atoms with van der Waals surface area (Å²) in [5.41, 5.74) is 0.975. The zero-order chi connectivity index (χ0) is 27.6. The molecule has 198 valence electrons. The maximum absolute atomic E-state index is 14.3. The van der Waals surface area contributed by atoms with E-state index in [-0.39, 0.29) is 21.9 Å². The van der Waals surface area contributed by atoms with Gasteiger partial charge in [-0.3, -0.25) is 20.2 Å². The summed E-state index contributed by atoms with van der Waals surface area (Å²) in [4.78, 5) is 22.8. The molecular weight excluding hydrogens is 574 g/mol. The molecule has 1 aliphatic heterocycles. The topological polar surface area (TPSA) is 124 Å². The smallest absolute Gasteiger partial charge is 0.264 e. The normalized spacial score (nSPS) is 24.0. The summed E-state index contributed by atoms with van der Waals surface area (Å²) in [5, 5.41) is 24.0. The molecule has 38 heavy (non-hydrogen) atoms. The van der Waals surface area contributed by atoms with E-state index in [1.165, 1.54) is 16.4 Å². The Morgan fingerprint density at radius 3 is 2.08 bits per heavy atom. The first-order valence-electron chi connectivity index (χ1n) is 11.9. The third-order valence-electron chi connectivity index (χ3n) is 7.14. The van der Waals surface area contributed by atoms with Crippen LogP contribution in [0.2, 0.25) is 0 Å². The molecule has 0 N–H and O–H groups in total. The summed E-state index contributed by atoms with van der Waals surface area (Å²) in [6, 6.07) is 17.4. The van der Waals surface area contributed by atoms with Crippen molar-refractivity contribution in [3.8, 4) is 0 Å². The molecule has 4 rings (SSSR count). The second-order valence-corrected chi connectivity index (χ2v) is 12.0. The summed E-state index contributed by atoms with van der Waals surface area (Å²) in [5.74, 6) is -1.04. The van der Waals surface area contributed by atoms with E-state index in [4.69, 9.17) is 0 Å². The first-order chi connectivity index (χ1) is 18.1. The van der Waals surface area contributed by atoms with Gasteiger partial charge in [-0.2, -0.15) is 4.31 Å². The molecular formula is C27H26BrN3O6S. The number of nitro benzene ring substituents is 1. The predicted molar refractivity (Wildman–Crippen MR) is 147 cm³/mol. The van der Waals surface area contributed by atoms with Gasteiger partial charge in [0.15, 0.2) is 0 Å². The van der Waals surface area contributed by atoms with Gasteiger partial charge in [-0.1, -0.05) is 71.4 Å². The fraction of sp³-hybridized carbons (Fsp3) is 0.259. The lowest BCUT2D eigenvalue weighted by Gasteiger charge is -2.49. The van der Waals surface area contributed by atoms with Crippen molar-refractivity contribution in [2.24, 2.45) is 5.92 Å². The Bertz CT molecular complexity index is 1430. The van der Waals surface area contributed by atoms with Gasteiger partial charge >= 0.3 is 0 Å². The van der Waals surface area contributed by atoms with Gasteiger partial charge in [0.1, 0.15) is 6.04 Å². The molecule has 9 nitrogen and oxygen atoms in total. The quantitative estimate of drug-likeness (QED) is 0.175. The number of nitro groups is 2. The first kappa shape index (κ1) is 27.6. The van der Waals surface area contributed by atoms with Crippen LogP contribution in [0.25, 0.3) is 0 Å². The van der Waals surface area contributed by atoms with Gasteiger partial charge in [-0.25, -0.2) is 8.42 Å². The van der Waals surface area contributed by atoms with Crippen LogP contribution in [0.15, 0.2) is 101 Å². The maximum atomic E-state index is 14.3. The van der Waals surface area contributed by atoms with E-state index in [1.54, 1.807) is 30.3 Å². The number of halogens is 1. The van der Waals surface area contributed by atoms with Crippen molar-refractivity contribution in [1.29, 1.82) is 0 Å². The average Bonchev–Trinajstić information content (AvgIpc) is 2.90. The molecule has 0 unspecified atom stereocenters. The minimum atomic E-state index is -4.34. The van der Waals surface area contributed by atoms with Crippen LogP contribution in [0, 0.1) is 26.1 Å². The molecule has 3 aromatic rings. The molecule has 11 heteroatoms. The highest BCUT2D eigenvalue weighted by Crippen LogP contribution is 2.50. The Morgan fingerprint density at radius 2 is 1.55 bits per heavy atom. The first-order valence-corrected chi connectivity index (χ1v) is 14.1. The molecule has 1 heterocycles. The van der Waals surface area contributed by atoms with Crippen molar-refractivity contribution < 1.29 is 18.3 Å². The van der Waals surface area contributed by atoms with Crippen LogP contribution in [0.1, 0.15) is 36.4 Å². The molecule has 1 aliphatic rings. The van der Waals surface area contributed by atoms with Gasteiger partial charge in [-0.15, -0.1) is 6.58 Å². The zero-order valence-electron chi connectivity index (χ0n) is 20.5. The number of sulfonamides is 1. The van der Waals surface area contributed by atoms with E-state index >= 15 is 0 Å². The molecule has 1 fully saturated rings. The third-order valence-corrected chi connectivity index (χ3v) is 9.59. The number of hydrogen-bond acceptors (Lipinski definition) is 6. The van der Waals surface area contributed by atoms with Crippen molar-refractivity contribution in [3.63, 3.8) is 0 Å². The molecule has 0 aromatic heterocycles. The highest BCUT2D eigenvalue weighted by Gasteiger charge is 2.57. The maximum Gasteiger partial charge on any atom is 0.269 e. The lowest BCUT2D eigenvalue weighted by atomic mass is 9.70. The van der Waals surface area contributed by atoms with Gasteiger partial charge in [-0.05, 0) is 47.7 Å². The molecule has 3 aromatic carbocycles. The third kappa shape index (κ3) is 5.13. The fourth-order valence-corrected chi connectivity index (χ4v) is 7.61. The van der Waals surface area contributed by atoms with Crippen molar-refractivity contribution in [1.82, 2.24) is 4.31 Å². The van der Waals surface area contributed by atoms with Crippen LogP contribution >= 0.6 is 15.9 Å². The Balaban J connectivity index is 1.98. The Kier molecular flexibility index (Phi) is 8.10. The van der Waals surface area contributed by atoms with E-state index in [0.29, 0.717) is 5.56 Å². The number of nitrogens with zero attached hydrogens (tertiary/aromatic N) is 3. The van der Waals surface area contributed by atoms with E-state index in [1.807, 2.05) is 37.3 Å².